The summed E-state index contributed by atoms with van der Waals surface area (Å²) in [5, 5.41) is 0. The molecule has 0 N–H and O–H groups in total. The maximum atomic E-state index is 6.33. The fourth-order valence-corrected chi connectivity index (χ4v) is 3.61. The number of pyridine rings is 1. The molecule has 1 aromatic carbocycles. The molecule has 5 rings (SSSR count). The van der Waals surface area contributed by atoms with Crippen LogP contribution >= 0.6 is 0 Å². The van der Waals surface area contributed by atoms with Gasteiger partial charge in [-0.25, -0.2) is 0 Å². The van der Waals surface area contributed by atoms with Crippen molar-refractivity contribution in [2.24, 2.45) is 0 Å². The van der Waals surface area contributed by atoms with Gasteiger partial charge in [0.05, 0.1) is 0 Å². The van der Waals surface area contributed by atoms with Gasteiger partial charge in [-0.3, -0.25) is 4.98 Å². The van der Waals surface area contributed by atoms with E-state index in [4.69, 9.17) is 14.2 Å². The number of hydrogen-bond acceptors (Lipinski definition) is 4. The van der Waals surface area contributed by atoms with Crippen LogP contribution in [0.3, 0.4) is 0 Å². The largest absolute Gasteiger partial charge is 0.451 e. The van der Waals surface area contributed by atoms with E-state index >= 15 is 0 Å². The molecule has 0 saturated carbocycles. The number of para-hydroxylation sites is 2. The van der Waals surface area contributed by atoms with Crippen molar-refractivity contribution in [1.29, 1.82) is 0 Å². The van der Waals surface area contributed by atoms with Crippen LogP contribution in [0, 0.1) is 0 Å². The molecule has 2 unspecified atom stereocenters. The predicted molar refractivity (Wildman–Crippen MR) is 74.8 cm³/mol. The van der Waals surface area contributed by atoms with E-state index < -0.39 is 11.2 Å². The molecule has 0 spiro atoms. The van der Waals surface area contributed by atoms with E-state index in [1.54, 1.807) is 6.20 Å². The summed E-state index contributed by atoms with van der Waals surface area (Å²) in [6.45, 7) is 4.04. The summed E-state index contributed by atoms with van der Waals surface area (Å²) in [6, 6.07) is 9.67. The highest BCUT2D eigenvalue weighted by Crippen LogP contribution is 2.62. The van der Waals surface area contributed by atoms with E-state index in [9.17, 15) is 0 Å². The molecule has 3 aliphatic rings. The third kappa shape index (κ3) is 1.14. The Labute approximate surface area is 122 Å². The first-order chi connectivity index (χ1) is 10.1. The maximum absolute atomic E-state index is 6.33. The Morgan fingerprint density at radius 3 is 2.14 bits per heavy atom. The predicted octanol–water partition coefficient (Wildman–Crippen LogP) is 3.24. The van der Waals surface area contributed by atoms with Gasteiger partial charge in [0.2, 0.25) is 0 Å². The lowest BCUT2D eigenvalue weighted by atomic mass is 9.81. The summed E-state index contributed by atoms with van der Waals surface area (Å²) < 4.78 is 18.6. The average molecular weight is 279 g/mol. The minimum Gasteiger partial charge on any atom is -0.451 e. The highest BCUT2D eigenvalue weighted by atomic mass is 16.6. The van der Waals surface area contributed by atoms with Crippen molar-refractivity contribution < 1.29 is 14.2 Å². The quantitative estimate of drug-likeness (QED) is 0.742. The van der Waals surface area contributed by atoms with Crippen molar-refractivity contribution in [2.45, 2.75) is 25.0 Å². The second kappa shape index (κ2) is 3.28. The molecule has 2 atom stereocenters. The van der Waals surface area contributed by atoms with Crippen LogP contribution < -0.4 is 9.47 Å². The lowest BCUT2D eigenvalue weighted by Crippen LogP contribution is -2.30. The molecular formula is C17H13NO3. The van der Waals surface area contributed by atoms with Crippen molar-refractivity contribution in [1.82, 2.24) is 4.98 Å². The Bertz CT molecular complexity index is 762. The van der Waals surface area contributed by atoms with Gasteiger partial charge in [-0.15, -0.1) is 0 Å². The first-order valence-electron chi connectivity index (χ1n) is 6.98. The van der Waals surface area contributed by atoms with Crippen molar-refractivity contribution in [3.8, 4) is 11.5 Å². The Morgan fingerprint density at radius 1 is 0.857 bits per heavy atom. The molecule has 0 aliphatic carbocycles. The Kier molecular flexibility index (Phi) is 1.77. The van der Waals surface area contributed by atoms with Crippen LogP contribution in [0.4, 0.5) is 0 Å². The molecule has 4 nitrogen and oxygen atoms in total. The van der Waals surface area contributed by atoms with Gasteiger partial charge in [0.15, 0.2) is 34.2 Å². The summed E-state index contributed by atoms with van der Waals surface area (Å²) in [7, 11) is 0. The van der Waals surface area contributed by atoms with Crippen molar-refractivity contribution in [3.05, 3.63) is 65.4 Å². The van der Waals surface area contributed by atoms with Gasteiger partial charge in [0, 0.05) is 23.5 Å². The van der Waals surface area contributed by atoms with Gasteiger partial charge in [0.1, 0.15) is 0 Å². The van der Waals surface area contributed by atoms with E-state index in [0.29, 0.717) is 0 Å². The van der Waals surface area contributed by atoms with Crippen molar-refractivity contribution >= 4 is 0 Å². The molecule has 1 aromatic heterocycles. The second-order valence-electron chi connectivity index (χ2n) is 5.90. The number of hydrogen-bond donors (Lipinski definition) is 0. The van der Waals surface area contributed by atoms with Crippen LogP contribution in [0.5, 0.6) is 11.5 Å². The molecule has 2 aromatic rings. The van der Waals surface area contributed by atoms with Crippen LogP contribution in [-0.4, -0.2) is 4.98 Å². The molecule has 2 bridgehead atoms. The molecule has 21 heavy (non-hydrogen) atoms. The Hall–Kier alpha value is -2.33. The molecule has 0 fully saturated rings. The highest BCUT2D eigenvalue weighted by Gasteiger charge is 2.64. The third-order valence-electron chi connectivity index (χ3n) is 4.60. The first kappa shape index (κ1) is 11.3. The lowest BCUT2D eigenvalue weighted by molar-refractivity contribution is -0.0738. The van der Waals surface area contributed by atoms with E-state index in [1.807, 2.05) is 50.4 Å². The number of nitrogens with zero attached hydrogens (tertiary/aromatic N) is 1. The van der Waals surface area contributed by atoms with Gasteiger partial charge < -0.3 is 14.2 Å². The van der Waals surface area contributed by atoms with E-state index in [1.165, 1.54) is 0 Å². The Balaban J connectivity index is 1.76. The smallest absolute Gasteiger partial charge is 0.182 e. The van der Waals surface area contributed by atoms with Crippen molar-refractivity contribution in [2.75, 3.05) is 0 Å². The molecule has 0 amide bonds. The number of rotatable bonds is 0. The van der Waals surface area contributed by atoms with Gasteiger partial charge in [-0.05, 0) is 32.0 Å². The minimum absolute atomic E-state index is 0.615. The second-order valence-corrected chi connectivity index (χ2v) is 5.90. The van der Waals surface area contributed by atoms with Gasteiger partial charge in [-0.2, -0.15) is 0 Å². The standard InChI is InChI=1S/C17H13NO3/c1-16-10-7-8-18-9-11(10)17(2,21-16)15-14(16)19-12-5-3-4-6-13(12)20-15/h3-9H,1-2H3. The number of ether oxygens (including phenoxy) is 3. The monoisotopic (exact) mass is 279 g/mol. The minimum atomic E-state index is -0.638. The van der Waals surface area contributed by atoms with Gasteiger partial charge in [-0.1, -0.05) is 12.1 Å². The summed E-state index contributed by atoms with van der Waals surface area (Å²) >= 11 is 0. The number of fused-ring (bicyclic) bond motifs is 8. The van der Waals surface area contributed by atoms with Gasteiger partial charge >= 0.3 is 0 Å². The summed E-state index contributed by atoms with van der Waals surface area (Å²) in [5.74, 6) is 2.95. The number of benzene rings is 1. The zero-order valence-corrected chi connectivity index (χ0v) is 11.7. The zero-order valence-electron chi connectivity index (χ0n) is 11.7. The van der Waals surface area contributed by atoms with Crippen LogP contribution in [0.1, 0.15) is 25.0 Å². The molecular weight excluding hydrogens is 266 g/mol. The molecule has 0 saturated heterocycles. The molecule has 4 heterocycles. The van der Waals surface area contributed by atoms with Crippen molar-refractivity contribution in [3.63, 3.8) is 0 Å². The fraction of sp³-hybridized carbons (Fsp3) is 0.235. The molecule has 104 valence electrons. The van der Waals surface area contributed by atoms with Crippen LogP contribution in [-0.2, 0) is 15.9 Å². The summed E-state index contributed by atoms with van der Waals surface area (Å²) in [5.41, 5.74) is 0.896. The van der Waals surface area contributed by atoms with E-state index in [2.05, 4.69) is 4.98 Å². The van der Waals surface area contributed by atoms with E-state index in [-0.39, 0.29) is 0 Å². The Morgan fingerprint density at radius 2 is 1.48 bits per heavy atom. The maximum Gasteiger partial charge on any atom is 0.182 e. The highest BCUT2D eigenvalue weighted by molar-refractivity contribution is 5.58. The molecule has 3 aliphatic heterocycles. The normalized spacial score (nSPS) is 31.1. The average Bonchev–Trinajstić information content (AvgIpc) is 2.89. The SMILES string of the molecule is CC12OC(C)(C3=C1Oc1ccccc1O3)c1cnccc12. The molecule has 0 radical (unpaired) electrons. The van der Waals surface area contributed by atoms with E-state index in [0.717, 1.165) is 34.1 Å². The topological polar surface area (TPSA) is 40.6 Å². The van der Waals surface area contributed by atoms with Crippen LogP contribution in [0.25, 0.3) is 0 Å². The lowest BCUT2D eigenvalue weighted by Gasteiger charge is -2.31. The third-order valence-corrected chi connectivity index (χ3v) is 4.60. The summed E-state index contributed by atoms with van der Waals surface area (Å²) in [6.07, 6.45) is 3.64. The van der Waals surface area contributed by atoms with Crippen LogP contribution in [0.2, 0.25) is 0 Å². The van der Waals surface area contributed by atoms with Crippen LogP contribution in [0.15, 0.2) is 54.2 Å². The zero-order chi connectivity index (χ0) is 14.2. The first-order valence-corrected chi connectivity index (χ1v) is 6.98. The van der Waals surface area contributed by atoms with Gasteiger partial charge in [0.25, 0.3) is 0 Å². The molecule has 4 heteroatoms. The summed E-state index contributed by atoms with van der Waals surface area (Å²) in [4.78, 5) is 4.23. The fourth-order valence-electron chi connectivity index (χ4n) is 3.61. The number of aromatic nitrogens is 1.